The fraction of sp³-hybridized carbons (Fsp3) is 0.444. The molecule has 0 aliphatic heterocycles. The molecule has 1 saturated carbocycles. The summed E-state index contributed by atoms with van der Waals surface area (Å²) in [7, 11) is 1.81. The van der Waals surface area contributed by atoms with Crippen LogP contribution < -0.4 is 10.6 Å². The molecule has 0 atom stereocenters. The number of hydrogen-bond acceptors (Lipinski definition) is 3. The van der Waals surface area contributed by atoms with Crippen molar-refractivity contribution < 1.29 is 0 Å². The van der Waals surface area contributed by atoms with E-state index in [1.807, 2.05) is 13.2 Å². The smallest absolute Gasteiger partial charge is 0.191 e. The van der Waals surface area contributed by atoms with E-state index in [4.69, 9.17) is 0 Å². The number of guanidine groups is 1. The molecule has 3 rings (SSSR count). The highest BCUT2D eigenvalue weighted by atomic mass is 79.9. The molecule has 1 heterocycles. The van der Waals surface area contributed by atoms with E-state index in [1.54, 1.807) is 11.3 Å². The summed E-state index contributed by atoms with van der Waals surface area (Å²) < 4.78 is 1.13. The fourth-order valence-electron chi connectivity index (χ4n) is 3.09. The largest absolute Gasteiger partial charge is 0.356 e. The summed E-state index contributed by atoms with van der Waals surface area (Å²) in [6.45, 7) is 3.70. The number of aliphatic imine (C=N–C) groups is 1. The third-order valence-electron chi connectivity index (χ3n) is 4.66. The minimum Gasteiger partial charge on any atom is -0.356 e. The average Bonchev–Trinajstić information content (AvgIpc) is 2.96. The first-order chi connectivity index (χ1) is 11.6. The van der Waals surface area contributed by atoms with Crippen LogP contribution in [0.1, 0.15) is 34.7 Å². The number of halogens is 1. The number of thiazole rings is 1. The highest BCUT2D eigenvalue weighted by Crippen LogP contribution is 2.43. The molecule has 0 unspecified atom stereocenters. The highest BCUT2D eigenvalue weighted by Gasteiger charge is 2.38. The quantitative estimate of drug-likeness (QED) is 0.582. The van der Waals surface area contributed by atoms with Crippen LogP contribution in [0.15, 0.2) is 39.9 Å². The Labute approximate surface area is 155 Å². The Morgan fingerprint density at radius 3 is 2.58 bits per heavy atom. The fourth-order valence-corrected chi connectivity index (χ4v) is 4.08. The van der Waals surface area contributed by atoms with E-state index in [2.05, 4.69) is 67.7 Å². The van der Waals surface area contributed by atoms with Crippen LogP contribution in [0.5, 0.6) is 0 Å². The molecule has 1 aromatic carbocycles. The molecule has 128 valence electrons. The van der Waals surface area contributed by atoms with Crippen molar-refractivity contribution in [2.45, 2.75) is 38.1 Å². The van der Waals surface area contributed by atoms with Crippen LogP contribution in [0, 0.1) is 6.92 Å². The SMILES string of the molecule is CN=C(NCc1ncc(C)s1)NCC1(c2ccc(Br)cc2)CCC1. The summed E-state index contributed by atoms with van der Waals surface area (Å²) >= 11 is 5.24. The summed E-state index contributed by atoms with van der Waals surface area (Å²) in [5.41, 5.74) is 1.64. The van der Waals surface area contributed by atoms with Crippen LogP contribution >= 0.6 is 27.3 Å². The molecule has 1 aromatic heterocycles. The molecule has 0 radical (unpaired) electrons. The van der Waals surface area contributed by atoms with Crippen LogP contribution in [0.3, 0.4) is 0 Å². The lowest BCUT2D eigenvalue weighted by atomic mass is 9.64. The third-order valence-corrected chi connectivity index (χ3v) is 6.10. The first kappa shape index (κ1) is 17.4. The van der Waals surface area contributed by atoms with Crippen molar-refractivity contribution in [1.29, 1.82) is 0 Å². The first-order valence-electron chi connectivity index (χ1n) is 8.23. The molecule has 0 spiro atoms. The molecule has 6 heteroatoms. The van der Waals surface area contributed by atoms with Crippen LogP contribution in [0.4, 0.5) is 0 Å². The second-order valence-electron chi connectivity index (χ2n) is 6.28. The van der Waals surface area contributed by atoms with E-state index < -0.39 is 0 Å². The van der Waals surface area contributed by atoms with Gasteiger partial charge in [0, 0.05) is 34.6 Å². The zero-order valence-electron chi connectivity index (χ0n) is 14.1. The van der Waals surface area contributed by atoms with E-state index in [9.17, 15) is 0 Å². The molecule has 2 N–H and O–H groups in total. The normalized spacial score (nSPS) is 16.5. The second-order valence-corrected chi connectivity index (χ2v) is 8.52. The van der Waals surface area contributed by atoms with Gasteiger partial charge in [0.2, 0.25) is 0 Å². The maximum absolute atomic E-state index is 4.38. The van der Waals surface area contributed by atoms with Crippen LogP contribution in [0.25, 0.3) is 0 Å². The summed E-state index contributed by atoms with van der Waals surface area (Å²) in [6.07, 6.45) is 5.66. The molecule has 0 amide bonds. The zero-order valence-corrected chi connectivity index (χ0v) is 16.5. The number of aromatic nitrogens is 1. The Bertz CT molecular complexity index is 704. The van der Waals surface area contributed by atoms with Gasteiger partial charge in [-0.1, -0.05) is 34.5 Å². The molecule has 1 aliphatic carbocycles. The van der Waals surface area contributed by atoms with Crippen molar-refractivity contribution in [1.82, 2.24) is 15.6 Å². The van der Waals surface area contributed by atoms with E-state index in [0.29, 0.717) is 6.54 Å². The van der Waals surface area contributed by atoms with Gasteiger partial charge in [-0.25, -0.2) is 4.98 Å². The van der Waals surface area contributed by atoms with Crippen molar-refractivity contribution in [3.63, 3.8) is 0 Å². The van der Waals surface area contributed by atoms with Crippen LogP contribution in [-0.4, -0.2) is 24.5 Å². The van der Waals surface area contributed by atoms with Gasteiger partial charge in [0.05, 0.1) is 6.54 Å². The lowest BCUT2D eigenvalue weighted by molar-refractivity contribution is 0.244. The van der Waals surface area contributed by atoms with Crippen molar-refractivity contribution in [3.05, 3.63) is 50.4 Å². The number of aryl methyl sites for hydroxylation is 1. The lowest BCUT2D eigenvalue weighted by Crippen LogP contribution is -2.48. The number of benzene rings is 1. The van der Waals surface area contributed by atoms with Gasteiger partial charge in [0.15, 0.2) is 5.96 Å². The van der Waals surface area contributed by atoms with Crippen molar-refractivity contribution >= 4 is 33.2 Å². The number of nitrogens with zero attached hydrogens (tertiary/aromatic N) is 2. The van der Waals surface area contributed by atoms with Gasteiger partial charge in [-0.15, -0.1) is 11.3 Å². The summed E-state index contributed by atoms with van der Waals surface area (Å²) in [5, 5.41) is 7.95. The molecular formula is C18H23BrN4S. The number of rotatable bonds is 5. The zero-order chi connectivity index (χ0) is 17.0. The predicted molar refractivity (Wildman–Crippen MR) is 105 cm³/mol. The molecule has 2 aromatic rings. The molecule has 0 bridgehead atoms. The monoisotopic (exact) mass is 406 g/mol. The number of nitrogens with one attached hydrogen (secondary N) is 2. The van der Waals surface area contributed by atoms with E-state index >= 15 is 0 Å². The van der Waals surface area contributed by atoms with Gasteiger partial charge in [0.1, 0.15) is 5.01 Å². The van der Waals surface area contributed by atoms with Crippen molar-refractivity contribution in [3.8, 4) is 0 Å². The number of hydrogen-bond donors (Lipinski definition) is 2. The van der Waals surface area contributed by atoms with Gasteiger partial charge in [-0.3, -0.25) is 4.99 Å². The Balaban J connectivity index is 1.58. The summed E-state index contributed by atoms with van der Waals surface area (Å²) in [4.78, 5) is 9.96. The average molecular weight is 407 g/mol. The van der Waals surface area contributed by atoms with Crippen LogP contribution in [-0.2, 0) is 12.0 Å². The van der Waals surface area contributed by atoms with Crippen molar-refractivity contribution in [2.75, 3.05) is 13.6 Å². The Morgan fingerprint density at radius 1 is 1.29 bits per heavy atom. The van der Waals surface area contributed by atoms with Gasteiger partial charge in [0.25, 0.3) is 0 Å². The maximum Gasteiger partial charge on any atom is 0.191 e. The molecular weight excluding hydrogens is 384 g/mol. The predicted octanol–water partition coefficient (Wildman–Crippen LogP) is 4.00. The highest BCUT2D eigenvalue weighted by molar-refractivity contribution is 9.10. The van der Waals surface area contributed by atoms with Gasteiger partial charge >= 0.3 is 0 Å². The molecule has 0 saturated heterocycles. The first-order valence-corrected chi connectivity index (χ1v) is 9.84. The van der Waals surface area contributed by atoms with Gasteiger partial charge in [-0.05, 0) is 37.5 Å². The third kappa shape index (κ3) is 3.98. The summed E-state index contributed by atoms with van der Waals surface area (Å²) in [5.74, 6) is 0.839. The second kappa shape index (κ2) is 7.66. The molecule has 1 aliphatic rings. The standard InChI is InChI=1S/C18H23BrN4S/c1-13-10-21-16(24-13)11-22-17(20-2)23-12-18(8-3-9-18)14-4-6-15(19)7-5-14/h4-7,10H,3,8-9,11-12H2,1-2H3,(H2,20,22,23). The van der Waals surface area contributed by atoms with E-state index in [-0.39, 0.29) is 5.41 Å². The van der Waals surface area contributed by atoms with Crippen molar-refractivity contribution in [2.24, 2.45) is 4.99 Å². The lowest BCUT2D eigenvalue weighted by Gasteiger charge is -2.43. The molecule has 1 fully saturated rings. The van der Waals surface area contributed by atoms with Gasteiger partial charge in [-0.2, -0.15) is 0 Å². The minimum atomic E-state index is 0.232. The molecule has 4 nitrogen and oxygen atoms in total. The Morgan fingerprint density at radius 2 is 2.04 bits per heavy atom. The van der Waals surface area contributed by atoms with E-state index in [1.165, 1.54) is 29.7 Å². The van der Waals surface area contributed by atoms with E-state index in [0.717, 1.165) is 22.0 Å². The van der Waals surface area contributed by atoms with Crippen LogP contribution in [0.2, 0.25) is 0 Å². The maximum atomic E-state index is 4.38. The Kier molecular flexibility index (Phi) is 5.56. The topological polar surface area (TPSA) is 49.3 Å². The Hall–Kier alpha value is -1.40. The molecule has 24 heavy (non-hydrogen) atoms. The summed E-state index contributed by atoms with van der Waals surface area (Å²) in [6, 6.07) is 8.74. The van der Waals surface area contributed by atoms with Gasteiger partial charge < -0.3 is 10.6 Å². The minimum absolute atomic E-state index is 0.232.